The summed E-state index contributed by atoms with van der Waals surface area (Å²) < 4.78 is 5.34. The van der Waals surface area contributed by atoms with E-state index in [-0.39, 0.29) is 30.1 Å². The first-order chi connectivity index (χ1) is 12.9. The summed E-state index contributed by atoms with van der Waals surface area (Å²) >= 11 is 1.63. The number of aliphatic imine (C=N–C) groups is 1. The molecule has 156 valence electrons. The molecule has 0 aliphatic rings. The van der Waals surface area contributed by atoms with E-state index in [4.69, 9.17) is 4.74 Å². The van der Waals surface area contributed by atoms with Gasteiger partial charge in [-0.15, -0.1) is 35.3 Å². The minimum Gasteiger partial charge on any atom is -0.375 e. The van der Waals surface area contributed by atoms with E-state index in [1.807, 2.05) is 21.0 Å². The molecule has 2 aromatic rings. The molecule has 1 atom stereocenters. The van der Waals surface area contributed by atoms with E-state index in [1.165, 1.54) is 11.1 Å². The molecule has 0 aliphatic carbocycles. The van der Waals surface area contributed by atoms with E-state index in [0.29, 0.717) is 6.54 Å². The highest BCUT2D eigenvalue weighted by Crippen LogP contribution is 2.21. The number of hydrogen-bond acceptors (Lipinski definition) is 5. The maximum atomic E-state index is 5.34. The summed E-state index contributed by atoms with van der Waals surface area (Å²) in [7, 11) is 9.72. The predicted octanol–water partition coefficient (Wildman–Crippen LogP) is 3.74. The molecule has 0 radical (unpaired) electrons. The van der Waals surface area contributed by atoms with Crippen LogP contribution in [0.5, 0.6) is 0 Å². The average molecular weight is 517 g/mol. The summed E-state index contributed by atoms with van der Waals surface area (Å²) in [5.74, 6) is 0.851. The molecule has 28 heavy (non-hydrogen) atoms. The van der Waals surface area contributed by atoms with Crippen LogP contribution in [-0.4, -0.2) is 56.0 Å². The van der Waals surface area contributed by atoms with Crippen molar-refractivity contribution in [1.29, 1.82) is 0 Å². The third-order valence-electron chi connectivity index (χ3n) is 4.29. The van der Waals surface area contributed by atoms with Crippen LogP contribution in [0.1, 0.15) is 34.9 Å². The quantitative estimate of drug-likeness (QED) is 0.329. The van der Waals surface area contributed by atoms with Crippen LogP contribution in [0.4, 0.5) is 0 Å². The number of benzene rings is 1. The minimum atomic E-state index is 0. The van der Waals surface area contributed by atoms with Crippen molar-refractivity contribution in [3.8, 4) is 0 Å². The highest BCUT2D eigenvalue weighted by molar-refractivity contribution is 14.0. The lowest BCUT2D eigenvalue weighted by Crippen LogP contribution is -2.38. The zero-order valence-electron chi connectivity index (χ0n) is 17.6. The smallest absolute Gasteiger partial charge is 0.194 e. The fourth-order valence-electron chi connectivity index (χ4n) is 2.78. The summed E-state index contributed by atoms with van der Waals surface area (Å²) in [6, 6.07) is 8.51. The van der Waals surface area contributed by atoms with Crippen LogP contribution in [0.3, 0.4) is 0 Å². The van der Waals surface area contributed by atoms with E-state index in [1.54, 1.807) is 18.4 Å². The maximum Gasteiger partial charge on any atom is 0.194 e. The van der Waals surface area contributed by atoms with Gasteiger partial charge in [-0.1, -0.05) is 24.3 Å². The van der Waals surface area contributed by atoms with Crippen LogP contribution < -0.4 is 5.32 Å². The molecule has 0 saturated carbocycles. The fourth-order valence-corrected chi connectivity index (χ4v) is 3.63. The molecule has 0 fully saturated rings. The van der Waals surface area contributed by atoms with Crippen molar-refractivity contribution in [2.24, 2.45) is 4.99 Å². The maximum absolute atomic E-state index is 5.34. The standard InChI is InChI=1S/C20H31N5OS.HI/c1-15(26-6)19-23-18(14-27-19)13-25(5)20(21-2)22-11-16-9-7-8-10-17(16)12-24(3)4;/h7-10,14-15H,11-13H2,1-6H3,(H,21,22);1H. The van der Waals surface area contributed by atoms with Gasteiger partial charge in [-0.2, -0.15) is 0 Å². The van der Waals surface area contributed by atoms with Gasteiger partial charge >= 0.3 is 0 Å². The van der Waals surface area contributed by atoms with Crippen molar-refractivity contribution in [3.05, 3.63) is 51.5 Å². The molecule has 1 N–H and O–H groups in total. The van der Waals surface area contributed by atoms with Crippen molar-refractivity contribution in [2.45, 2.75) is 32.7 Å². The Morgan fingerprint density at radius 2 is 1.89 bits per heavy atom. The summed E-state index contributed by atoms with van der Waals surface area (Å²) in [6.07, 6.45) is 0.0275. The average Bonchev–Trinajstić information content (AvgIpc) is 3.10. The lowest BCUT2D eigenvalue weighted by Gasteiger charge is -2.22. The summed E-state index contributed by atoms with van der Waals surface area (Å²) in [4.78, 5) is 13.4. The van der Waals surface area contributed by atoms with E-state index in [2.05, 4.69) is 68.8 Å². The van der Waals surface area contributed by atoms with Gasteiger partial charge in [0.1, 0.15) is 11.1 Å². The molecular formula is C20H32IN5OS. The van der Waals surface area contributed by atoms with Crippen LogP contribution in [0.15, 0.2) is 34.6 Å². The van der Waals surface area contributed by atoms with Gasteiger partial charge in [0, 0.05) is 39.7 Å². The Bertz CT molecular complexity index is 750. The van der Waals surface area contributed by atoms with E-state index >= 15 is 0 Å². The highest BCUT2D eigenvalue weighted by atomic mass is 127. The number of ether oxygens (including phenoxy) is 1. The highest BCUT2D eigenvalue weighted by Gasteiger charge is 2.13. The number of guanidine groups is 1. The van der Waals surface area contributed by atoms with Crippen LogP contribution in [0, 0.1) is 0 Å². The normalized spacial score (nSPS) is 12.6. The van der Waals surface area contributed by atoms with Crippen LogP contribution in [-0.2, 0) is 24.4 Å². The van der Waals surface area contributed by atoms with E-state index < -0.39 is 0 Å². The molecule has 1 unspecified atom stereocenters. The third kappa shape index (κ3) is 7.31. The van der Waals surface area contributed by atoms with Gasteiger partial charge in [-0.05, 0) is 32.1 Å². The molecule has 0 amide bonds. The van der Waals surface area contributed by atoms with Gasteiger partial charge in [0.05, 0.1) is 12.2 Å². The number of hydrogen-bond donors (Lipinski definition) is 1. The number of rotatable bonds is 8. The van der Waals surface area contributed by atoms with Gasteiger partial charge in [-0.3, -0.25) is 4.99 Å². The first-order valence-corrected chi connectivity index (χ1v) is 9.93. The fraction of sp³-hybridized carbons (Fsp3) is 0.500. The Balaban J connectivity index is 0.00000392. The molecule has 1 aromatic carbocycles. The number of aromatic nitrogens is 1. The molecule has 0 bridgehead atoms. The second-order valence-electron chi connectivity index (χ2n) is 6.82. The van der Waals surface area contributed by atoms with Crippen molar-refractivity contribution in [3.63, 3.8) is 0 Å². The molecule has 2 rings (SSSR count). The second-order valence-corrected chi connectivity index (χ2v) is 7.71. The number of thiazole rings is 1. The lowest BCUT2D eigenvalue weighted by molar-refractivity contribution is 0.119. The zero-order valence-corrected chi connectivity index (χ0v) is 20.7. The molecule has 1 heterocycles. The number of nitrogens with one attached hydrogen (secondary N) is 1. The molecular weight excluding hydrogens is 485 g/mol. The zero-order chi connectivity index (χ0) is 19.8. The van der Waals surface area contributed by atoms with E-state index in [0.717, 1.165) is 29.8 Å². The van der Waals surface area contributed by atoms with Gasteiger partial charge in [0.25, 0.3) is 0 Å². The molecule has 6 nitrogen and oxygen atoms in total. The Labute approximate surface area is 190 Å². The van der Waals surface area contributed by atoms with Crippen LogP contribution in [0.25, 0.3) is 0 Å². The number of halogens is 1. The SMILES string of the molecule is CN=C(NCc1ccccc1CN(C)C)N(C)Cc1csc(C(C)OC)n1.I. The largest absolute Gasteiger partial charge is 0.375 e. The van der Waals surface area contributed by atoms with Gasteiger partial charge in [-0.25, -0.2) is 4.98 Å². The van der Waals surface area contributed by atoms with Crippen LogP contribution >= 0.6 is 35.3 Å². The van der Waals surface area contributed by atoms with Crippen molar-refractivity contribution >= 4 is 41.3 Å². The van der Waals surface area contributed by atoms with Gasteiger partial charge < -0.3 is 19.9 Å². The summed E-state index contributed by atoms with van der Waals surface area (Å²) in [6.45, 7) is 4.37. The van der Waals surface area contributed by atoms with Gasteiger partial charge in [0.2, 0.25) is 0 Å². The Hall–Kier alpha value is -1.23. The van der Waals surface area contributed by atoms with E-state index in [9.17, 15) is 0 Å². The third-order valence-corrected chi connectivity index (χ3v) is 5.34. The molecule has 0 aliphatic heterocycles. The Kier molecular flexibility index (Phi) is 10.9. The number of methoxy groups -OCH3 is 1. The Morgan fingerprint density at radius 3 is 2.50 bits per heavy atom. The summed E-state index contributed by atoms with van der Waals surface area (Å²) in [5, 5.41) is 6.55. The first-order valence-electron chi connectivity index (χ1n) is 9.05. The van der Waals surface area contributed by atoms with Crippen molar-refractivity contribution in [1.82, 2.24) is 20.1 Å². The molecule has 0 spiro atoms. The minimum absolute atomic E-state index is 0. The van der Waals surface area contributed by atoms with Crippen LogP contribution in [0.2, 0.25) is 0 Å². The van der Waals surface area contributed by atoms with Crippen molar-refractivity contribution in [2.75, 3.05) is 35.3 Å². The molecule has 0 saturated heterocycles. The molecule has 8 heteroatoms. The molecule has 1 aromatic heterocycles. The Morgan fingerprint density at radius 1 is 1.21 bits per heavy atom. The predicted molar refractivity (Wildman–Crippen MR) is 128 cm³/mol. The van der Waals surface area contributed by atoms with Gasteiger partial charge in [0.15, 0.2) is 5.96 Å². The lowest BCUT2D eigenvalue weighted by atomic mass is 10.1. The van der Waals surface area contributed by atoms with Crippen molar-refractivity contribution < 1.29 is 4.74 Å². The monoisotopic (exact) mass is 517 g/mol. The second kappa shape index (κ2) is 12.4. The topological polar surface area (TPSA) is 53.0 Å². The number of nitrogens with zero attached hydrogens (tertiary/aromatic N) is 4. The summed E-state index contributed by atoms with van der Waals surface area (Å²) in [5.41, 5.74) is 3.63. The first kappa shape index (κ1) is 24.8.